The molecule has 1 aliphatic carbocycles. The molecule has 0 atom stereocenters. The summed E-state index contributed by atoms with van der Waals surface area (Å²) in [6, 6.07) is 7.37. The van der Waals surface area contributed by atoms with Gasteiger partial charge in [-0.1, -0.05) is 45.2 Å². The molecular weight excluding hydrogens is 224 g/mol. The molecular formula is C16H24O2. The average molecular weight is 248 g/mol. The van der Waals surface area contributed by atoms with Crippen molar-refractivity contribution < 1.29 is 9.53 Å². The molecule has 2 rings (SSSR count). The molecule has 1 aromatic carbocycles. The Bertz CT molecular complexity index is 341. The minimum atomic E-state index is 0.682. The maximum absolute atomic E-state index is 10.6. The molecule has 0 spiro atoms. The summed E-state index contributed by atoms with van der Waals surface area (Å²) in [5, 5.41) is 0. The van der Waals surface area contributed by atoms with E-state index < -0.39 is 0 Å². The second kappa shape index (κ2) is 8.73. The lowest BCUT2D eigenvalue weighted by atomic mass is 9.90. The summed E-state index contributed by atoms with van der Waals surface area (Å²) in [4.78, 5) is 10.6. The molecule has 1 aromatic rings. The van der Waals surface area contributed by atoms with Gasteiger partial charge in [-0.25, -0.2) is 0 Å². The maximum Gasteiger partial charge on any atom is 0.150 e. The fourth-order valence-corrected chi connectivity index (χ4v) is 2.25. The molecule has 0 N–H and O–H groups in total. The zero-order valence-corrected chi connectivity index (χ0v) is 11.5. The van der Waals surface area contributed by atoms with Crippen molar-refractivity contribution in [1.29, 1.82) is 0 Å². The fourth-order valence-electron chi connectivity index (χ4n) is 2.25. The van der Waals surface area contributed by atoms with Crippen molar-refractivity contribution >= 4 is 6.29 Å². The highest BCUT2D eigenvalue weighted by molar-refractivity contribution is 5.75. The Kier molecular flexibility index (Phi) is 7.16. The molecule has 18 heavy (non-hydrogen) atoms. The second-order valence-corrected chi connectivity index (χ2v) is 4.51. The van der Waals surface area contributed by atoms with Gasteiger partial charge in [0.1, 0.15) is 12.0 Å². The molecule has 2 heteroatoms. The summed E-state index contributed by atoms with van der Waals surface area (Å²) in [7, 11) is 0. The zero-order valence-electron chi connectivity index (χ0n) is 11.5. The summed E-state index contributed by atoms with van der Waals surface area (Å²) in [5.41, 5.74) is 0.682. The topological polar surface area (TPSA) is 26.3 Å². The van der Waals surface area contributed by atoms with E-state index in [0.29, 0.717) is 11.5 Å². The lowest BCUT2D eigenvalue weighted by molar-refractivity contribution is 0.112. The molecule has 1 aliphatic rings. The Morgan fingerprint density at radius 3 is 2.61 bits per heavy atom. The van der Waals surface area contributed by atoms with Crippen LogP contribution < -0.4 is 4.74 Å². The highest BCUT2D eigenvalue weighted by Gasteiger charge is 2.13. The molecule has 0 heterocycles. The van der Waals surface area contributed by atoms with Crippen LogP contribution in [0.15, 0.2) is 24.3 Å². The quantitative estimate of drug-likeness (QED) is 0.734. The van der Waals surface area contributed by atoms with Gasteiger partial charge in [-0.3, -0.25) is 4.79 Å². The molecule has 2 nitrogen and oxygen atoms in total. The average Bonchev–Trinajstić information content (AvgIpc) is 2.48. The van der Waals surface area contributed by atoms with Crippen LogP contribution in [0.3, 0.4) is 0 Å². The van der Waals surface area contributed by atoms with E-state index in [1.807, 2.05) is 26.0 Å². The van der Waals surface area contributed by atoms with Crippen molar-refractivity contribution in [2.75, 3.05) is 6.61 Å². The first-order valence-corrected chi connectivity index (χ1v) is 7.06. The van der Waals surface area contributed by atoms with E-state index in [1.165, 1.54) is 32.1 Å². The molecule has 0 amide bonds. The molecule has 100 valence electrons. The molecule has 0 aliphatic heterocycles. The largest absolute Gasteiger partial charge is 0.493 e. The van der Waals surface area contributed by atoms with Gasteiger partial charge < -0.3 is 4.74 Å². The number of carbonyl (C=O) groups is 1. The Labute approximate surface area is 110 Å². The molecule has 0 unspecified atom stereocenters. The van der Waals surface area contributed by atoms with Crippen LogP contribution in [0.5, 0.6) is 5.75 Å². The summed E-state index contributed by atoms with van der Waals surface area (Å²) in [6.07, 6.45) is 7.47. The molecule has 0 saturated heterocycles. The number of benzene rings is 1. The maximum atomic E-state index is 10.6. The van der Waals surface area contributed by atoms with Crippen LogP contribution in [0.4, 0.5) is 0 Å². The van der Waals surface area contributed by atoms with Crippen LogP contribution >= 0.6 is 0 Å². The number of hydrogen-bond donors (Lipinski definition) is 0. The van der Waals surface area contributed by atoms with Gasteiger partial charge in [-0.15, -0.1) is 0 Å². The Hall–Kier alpha value is -1.31. The van der Waals surface area contributed by atoms with Gasteiger partial charge in [0, 0.05) is 5.56 Å². The van der Waals surface area contributed by atoms with Crippen molar-refractivity contribution in [2.24, 2.45) is 5.92 Å². The van der Waals surface area contributed by atoms with Gasteiger partial charge in [0.05, 0.1) is 6.61 Å². The normalized spacial score (nSPS) is 15.4. The number of ether oxygens (including phenoxy) is 1. The monoisotopic (exact) mass is 248 g/mol. The molecule has 0 aromatic heterocycles. The Morgan fingerprint density at radius 1 is 1.22 bits per heavy atom. The summed E-state index contributed by atoms with van der Waals surface area (Å²) in [5.74, 6) is 1.52. The minimum absolute atomic E-state index is 0.682. The standard InChI is InChI=1S/C14H18O2.C2H6/c15-10-13-7-4-8-14(9-13)16-11-12-5-2-1-3-6-12;1-2/h4,7-10,12H,1-3,5-6,11H2;1-2H3. The minimum Gasteiger partial charge on any atom is -0.493 e. The van der Waals surface area contributed by atoms with Gasteiger partial charge in [0.2, 0.25) is 0 Å². The van der Waals surface area contributed by atoms with E-state index in [4.69, 9.17) is 4.74 Å². The third kappa shape index (κ3) is 4.91. The SMILES string of the molecule is CC.O=Cc1cccc(OCC2CCCCC2)c1. The van der Waals surface area contributed by atoms with E-state index in [-0.39, 0.29) is 0 Å². The number of carbonyl (C=O) groups excluding carboxylic acids is 1. The van der Waals surface area contributed by atoms with E-state index in [0.717, 1.165) is 18.6 Å². The van der Waals surface area contributed by atoms with E-state index >= 15 is 0 Å². The Morgan fingerprint density at radius 2 is 1.94 bits per heavy atom. The third-order valence-corrected chi connectivity index (χ3v) is 3.20. The molecule has 1 fully saturated rings. The predicted octanol–water partition coefficient (Wildman–Crippen LogP) is 4.48. The van der Waals surface area contributed by atoms with Crippen LogP contribution in [0.1, 0.15) is 56.3 Å². The van der Waals surface area contributed by atoms with E-state index in [2.05, 4.69) is 0 Å². The lowest BCUT2D eigenvalue weighted by Gasteiger charge is -2.21. The van der Waals surface area contributed by atoms with Crippen LogP contribution in [-0.2, 0) is 0 Å². The van der Waals surface area contributed by atoms with Gasteiger partial charge in [0.15, 0.2) is 0 Å². The van der Waals surface area contributed by atoms with Crippen molar-refractivity contribution in [2.45, 2.75) is 46.0 Å². The van der Waals surface area contributed by atoms with Crippen molar-refractivity contribution in [3.8, 4) is 5.75 Å². The lowest BCUT2D eigenvalue weighted by Crippen LogP contribution is -2.15. The van der Waals surface area contributed by atoms with Crippen LogP contribution in [0, 0.1) is 5.92 Å². The van der Waals surface area contributed by atoms with Crippen molar-refractivity contribution in [3.63, 3.8) is 0 Å². The van der Waals surface area contributed by atoms with Crippen LogP contribution in [-0.4, -0.2) is 12.9 Å². The highest BCUT2D eigenvalue weighted by atomic mass is 16.5. The first-order chi connectivity index (χ1) is 8.88. The smallest absolute Gasteiger partial charge is 0.150 e. The number of rotatable bonds is 4. The van der Waals surface area contributed by atoms with Crippen molar-refractivity contribution in [3.05, 3.63) is 29.8 Å². The number of hydrogen-bond acceptors (Lipinski definition) is 2. The van der Waals surface area contributed by atoms with E-state index in [1.54, 1.807) is 12.1 Å². The number of aldehydes is 1. The summed E-state index contributed by atoms with van der Waals surface area (Å²) < 4.78 is 5.73. The third-order valence-electron chi connectivity index (χ3n) is 3.20. The van der Waals surface area contributed by atoms with Gasteiger partial charge in [0.25, 0.3) is 0 Å². The summed E-state index contributed by atoms with van der Waals surface area (Å²) in [6.45, 7) is 4.79. The fraction of sp³-hybridized carbons (Fsp3) is 0.562. The first-order valence-electron chi connectivity index (χ1n) is 7.06. The predicted molar refractivity (Wildman–Crippen MR) is 75.2 cm³/mol. The zero-order chi connectivity index (χ0) is 13.2. The summed E-state index contributed by atoms with van der Waals surface area (Å²) >= 11 is 0. The van der Waals surface area contributed by atoms with Crippen LogP contribution in [0.2, 0.25) is 0 Å². The van der Waals surface area contributed by atoms with Crippen LogP contribution in [0.25, 0.3) is 0 Å². The van der Waals surface area contributed by atoms with Crippen molar-refractivity contribution in [1.82, 2.24) is 0 Å². The molecule has 0 bridgehead atoms. The Balaban J connectivity index is 0.000000771. The first kappa shape index (κ1) is 14.7. The van der Waals surface area contributed by atoms with E-state index in [9.17, 15) is 4.79 Å². The van der Waals surface area contributed by atoms with Gasteiger partial charge in [-0.05, 0) is 30.9 Å². The van der Waals surface area contributed by atoms with Gasteiger partial charge in [-0.2, -0.15) is 0 Å². The second-order valence-electron chi connectivity index (χ2n) is 4.51. The molecule has 0 radical (unpaired) electrons. The molecule has 1 saturated carbocycles. The van der Waals surface area contributed by atoms with Gasteiger partial charge >= 0.3 is 0 Å². The highest BCUT2D eigenvalue weighted by Crippen LogP contribution is 2.24.